The molecule has 18 heavy (non-hydrogen) atoms. The fraction of sp³-hybridized carbons (Fsp3) is 0.833. The predicted molar refractivity (Wildman–Crippen MR) is 73.2 cm³/mol. The van der Waals surface area contributed by atoms with Gasteiger partial charge in [-0.05, 0) is 45.8 Å². The van der Waals surface area contributed by atoms with E-state index < -0.39 is 5.60 Å². The first-order chi connectivity index (χ1) is 8.28. The second kappa shape index (κ2) is 4.57. The SMILES string of the molecule is CC(C)(C)OC(=O)N1CC2CCC(C1)N2C(N)=S. The molecule has 0 aromatic carbocycles. The van der Waals surface area contributed by atoms with Crippen LogP contribution in [-0.2, 0) is 4.74 Å². The number of carbonyl (C=O) groups excluding carboxylic acids is 1. The first kappa shape index (κ1) is 13.4. The molecule has 2 atom stereocenters. The molecule has 2 rings (SSSR count). The van der Waals surface area contributed by atoms with Crippen molar-refractivity contribution in [3.63, 3.8) is 0 Å². The molecule has 102 valence electrons. The number of hydrogen-bond donors (Lipinski definition) is 1. The lowest BCUT2D eigenvalue weighted by Gasteiger charge is -2.41. The standard InChI is InChI=1S/C12H21N3O2S/c1-12(2,3)17-11(16)14-6-8-4-5-9(7-14)15(8)10(13)18/h8-9H,4-7H2,1-3H3,(H2,13,18). The van der Waals surface area contributed by atoms with Crippen LogP contribution >= 0.6 is 12.2 Å². The van der Waals surface area contributed by atoms with Gasteiger partial charge in [0.25, 0.3) is 0 Å². The van der Waals surface area contributed by atoms with Gasteiger partial charge in [-0.2, -0.15) is 0 Å². The average molecular weight is 271 g/mol. The van der Waals surface area contributed by atoms with Gasteiger partial charge in [0.15, 0.2) is 5.11 Å². The molecular weight excluding hydrogens is 250 g/mol. The lowest BCUT2D eigenvalue weighted by molar-refractivity contribution is 0.0109. The van der Waals surface area contributed by atoms with Gasteiger partial charge in [0.05, 0.1) is 0 Å². The van der Waals surface area contributed by atoms with E-state index in [1.807, 2.05) is 20.8 Å². The molecule has 2 N–H and O–H groups in total. The highest BCUT2D eigenvalue weighted by molar-refractivity contribution is 7.80. The average Bonchev–Trinajstić information content (AvgIpc) is 2.47. The van der Waals surface area contributed by atoms with Gasteiger partial charge in [0.2, 0.25) is 0 Å². The topological polar surface area (TPSA) is 58.8 Å². The van der Waals surface area contributed by atoms with E-state index >= 15 is 0 Å². The molecule has 2 heterocycles. The highest BCUT2D eigenvalue weighted by atomic mass is 32.1. The summed E-state index contributed by atoms with van der Waals surface area (Å²) in [6.45, 7) is 6.95. The molecule has 2 unspecified atom stereocenters. The Morgan fingerprint density at radius 3 is 2.17 bits per heavy atom. The molecule has 0 aromatic rings. The van der Waals surface area contributed by atoms with Crippen molar-refractivity contribution in [3.8, 4) is 0 Å². The van der Waals surface area contributed by atoms with Crippen LogP contribution in [0.4, 0.5) is 4.79 Å². The summed E-state index contributed by atoms with van der Waals surface area (Å²) in [6.07, 6.45) is 1.85. The fourth-order valence-electron chi connectivity index (χ4n) is 2.74. The van der Waals surface area contributed by atoms with Gasteiger partial charge in [0, 0.05) is 25.2 Å². The summed E-state index contributed by atoms with van der Waals surface area (Å²) in [5.41, 5.74) is 5.29. The summed E-state index contributed by atoms with van der Waals surface area (Å²) in [4.78, 5) is 15.9. The summed E-state index contributed by atoms with van der Waals surface area (Å²) < 4.78 is 5.40. The van der Waals surface area contributed by atoms with Crippen LogP contribution < -0.4 is 5.73 Å². The maximum atomic E-state index is 12.0. The molecule has 2 saturated heterocycles. The zero-order valence-electron chi connectivity index (χ0n) is 11.2. The first-order valence-electron chi connectivity index (χ1n) is 6.33. The number of thiocarbonyl (C=S) groups is 1. The monoisotopic (exact) mass is 271 g/mol. The molecule has 2 aliphatic heterocycles. The third kappa shape index (κ3) is 2.68. The van der Waals surface area contributed by atoms with Crippen molar-refractivity contribution in [2.45, 2.75) is 51.3 Å². The minimum Gasteiger partial charge on any atom is -0.444 e. The van der Waals surface area contributed by atoms with Gasteiger partial charge in [-0.15, -0.1) is 0 Å². The van der Waals surface area contributed by atoms with Gasteiger partial charge < -0.3 is 20.3 Å². The van der Waals surface area contributed by atoms with Crippen LogP contribution in [0, 0.1) is 0 Å². The number of ether oxygens (including phenoxy) is 1. The van der Waals surface area contributed by atoms with Crippen LogP contribution in [-0.4, -0.2) is 51.8 Å². The largest absolute Gasteiger partial charge is 0.444 e. The lowest BCUT2D eigenvalue weighted by atomic mass is 10.2. The molecule has 0 radical (unpaired) electrons. The highest BCUT2D eigenvalue weighted by Gasteiger charge is 2.42. The van der Waals surface area contributed by atoms with Gasteiger partial charge >= 0.3 is 6.09 Å². The Bertz CT molecular complexity index is 353. The zero-order valence-corrected chi connectivity index (χ0v) is 12.0. The smallest absolute Gasteiger partial charge is 0.410 e. The third-order valence-electron chi connectivity index (χ3n) is 3.39. The molecular formula is C12H21N3O2S. The van der Waals surface area contributed by atoms with Crippen LogP contribution in [0.5, 0.6) is 0 Å². The van der Waals surface area contributed by atoms with Gasteiger partial charge in [-0.25, -0.2) is 4.79 Å². The van der Waals surface area contributed by atoms with Crippen molar-refractivity contribution in [2.75, 3.05) is 13.1 Å². The highest BCUT2D eigenvalue weighted by Crippen LogP contribution is 2.30. The van der Waals surface area contributed by atoms with Crippen molar-refractivity contribution in [3.05, 3.63) is 0 Å². The predicted octanol–water partition coefficient (Wildman–Crippen LogP) is 1.31. The van der Waals surface area contributed by atoms with E-state index in [2.05, 4.69) is 4.90 Å². The van der Waals surface area contributed by atoms with Crippen molar-refractivity contribution in [2.24, 2.45) is 5.73 Å². The number of hydrogen-bond acceptors (Lipinski definition) is 3. The van der Waals surface area contributed by atoms with E-state index in [9.17, 15) is 4.79 Å². The van der Waals surface area contributed by atoms with Crippen molar-refractivity contribution in [1.82, 2.24) is 9.80 Å². The fourth-order valence-corrected chi connectivity index (χ4v) is 3.04. The Balaban J connectivity index is 2.00. The van der Waals surface area contributed by atoms with Crippen LogP contribution in [0.2, 0.25) is 0 Å². The maximum Gasteiger partial charge on any atom is 0.410 e. The normalized spacial score (nSPS) is 27.3. The maximum absolute atomic E-state index is 12.0. The molecule has 6 heteroatoms. The van der Waals surface area contributed by atoms with Gasteiger partial charge in [0.1, 0.15) is 5.60 Å². The molecule has 2 fully saturated rings. The van der Waals surface area contributed by atoms with Crippen LogP contribution in [0.15, 0.2) is 0 Å². The minimum atomic E-state index is -0.448. The number of carbonyl (C=O) groups is 1. The molecule has 0 spiro atoms. The Hall–Kier alpha value is -1.04. The first-order valence-corrected chi connectivity index (χ1v) is 6.74. The number of likely N-dealkylation sites (tertiary alicyclic amines) is 1. The van der Waals surface area contributed by atoms with E-state index in [0.29, 0.717) is 18.2 Å². The molecule has 0 saturated carbocycles. The summed E-state index contributed by atoms with van der Waals surface area (Å²) in [5.74, 6) is 0. The number of nitrogens with zero attached hydrogens (tertiary/aromatic N) is 2. The Labute approximate surface area is 113 Å². The molecule has 1 amide bonds. The van der Waals surface area contributed by atoms with Gasteiger partial charge in [-0.1, -0.05) is 0 Å². The van der Waals surface area contributed by atoms with E-state index in [0.717, 1.165) is 12.8 Å². The second-order valence-corrected chi connectivity index (χ2v) is 6.43. The number of piperazine rings is 1. The Morgan fingerprint density at radius 2 is 1.78 bits per heavy atom. The van der Waals surface area contributed by atoms with Crippen molar-refractivity contribution in [1.29, 1.82) is 0 Å². The van der Waals surface area contributed by atoms with E-state index in [1.165, 1.54) is 0 Å². The van der Waals surface area contributed by atoms with Crippen molar-refractivity contribution >= 4 is 23.4 Å². The number of fused-ring (bicyclic) bond motifs is 2. The van der Waals surface area contributed by atoms with E-state index in [1.54, 1.807) is 4.90 Å². The summed E-state index contributed by atoms with van der Waals surface area (Å²) in [7, 11) is 0. The summed E-state index contributed by atoms with van der Waals surface area (Å²) in [5, 5.41) is 0.450. The molecule has 0 aliphatic carbocycles. The second-order valence-electron chi connectivity index (χ2n) is 6.02. The van der Waals surface area contributed by atoms with E-state index in [-0.39, 0.29) is 18.2 Å². The van der Waals surface area contributed by atoms with Crippen LogP contribution in [0.3, 0.4) is 0 Å². The molecule has 2 bridgehead atoms. The third-order valence-corrected chi connectivity index (χ3v) is 3.60. The Kier molecular flexibility index (Phi) is 3.40. The number of rotatable bonds is 0. The van der Waals surface area contributed by atoms with Gasteiger partial charge in [-0.3, -0.25) is 0 Å². The molecule has 2 aliphatic rings. The minimum absolute atomic E-state index is 0.234. The quantitative estimate of drug-likeness (QED) is 0.673. The van der Waals surface area contributed by atoms with Crippen molar-refractivity contribution < 1.29 is 9.53 Å². The summed E-state index contributed by atoms with van der Waals surface area (Å²) >= 11 is 5.07. The molecule has 5 nitrogen and oxygen atoms in total. The van der Waals surface area contributed by atoms with Crippen LogP contribution in [0.25, 0.3) is 0 Å². The lowest BCUT2D eigenvalue weighted by Crippen LogP contribution is -2.58. The molecule has 0 aromatic heterocycles. The van der Waals surface area contributed by atoms with Crippen LogP contribution in [0.1, 0.15) is 33.6 Å². The number of nitrogens with two attached hydrogens (primary N) is 1. The van der Waals surface area contributed by atoms with E-state index in [4.69, 9.17) is 22.7 Å². The number of amides is 1. The Morgan fingerprint density at radius 1 is 1.28 bits per heavy atom. The zero-order chi connectivity index (χ0) is 13.5. The summed E-state index contributed by atoms with van der Waals surface area (Å²) in [6, 6.07) is 0.516.